The number of fused-ring (bicyclic) bond motifs is 1. The van der Waals surface area contributed by atoms with Crippen molar-refractivity contribution in [3.8, 4) is 17.2 Å². The predicted octanol–water partition coefficient (Wildman–Crippen LogP) is 6.39. The highest BCUT2D eigenvalue weighted by molar-refractivity contribution is 6.30. The molecule has 1 atom stereocenters. The number of likely N-dealkylation sites (tertiary alicyclic amines) is 1. The quantitative estimate of drug-likeness (QED) is 0.426. The van der Waals surface area contributed by atoms with Crippen molar-refractivity contribution in [3.63, 3.8) is 0 Å². The van der Waals surface area contributed by atoms with Crippen molar-refractivity contribution in [2.75, 3.05) is 32.9 Å². The summed E-state index contributed by atoms with van der Waals surface area (Å²) in [5.74, 6) is 1.78. The molecule has 1 fully saturated rings. The van der Waals surface area contributed by atoms with E-state index in [9.17, 15) is 9.50 Å². The van der Waals surface area contributed by atoms with Gasteiger partial charge in [-0.15, -0.1) is 0 Å². The first-order valence-corrected chi connectivity index (χ1v) is 11.9. The molecule has 176 valence electrons. The Morgan fingerprint density at radius 1 is 1.09 bits per heavy atom. The number of rotatable bonds is 7. The summed E-state index contributed by atoms with van der Waals surface area (Å²) in [4.78, 5) is 2.20. The third-order valence-corrected chi connectivity index (χ3v) is 6.76. The molecule has 3 aromatic carbocycles. The van der Waals surface area contributed by atoms with Gasteiger partial charge < -0.3 is 14.6 Å². The van der Waals surface area contributed by atoms with E-state index in [4.69, 9.17) is 21.1 Å². The van der Waals surface area contributed by atoms with Crippen LogP contribution in [0, 0.1) is 5.92 Å². The van der Waals surface area contributed by atoms with Crippen molar-refractivity contribution in [2.24, 2.45) is 5.92 Å². The third-order valence-electron chi connectivity index (χ3n) is 6.53. The number of phenols is 1. The van der Waals surface area contributed by atoms with Gasteiger partial charge in [0.25, 0.3) is 0 Å². The molecule has 1 saturated heterocycles. The second-order valence-corrected chi connectivity index (χ2v) is 9.36. The number of ether oxygens (including phenoxy) is 2. The van der Waals surface area contributed by atoms with Crippen LogP contribution in [-0.4, -0.2) is 42.9 Å². The highest BCUT2D eigenvalue weighted by atomic mass is 35.5. The zero-order chi connectivity index (χ0) is 23.7. The third kappa shape index (κ3) is 4.63. The Kier molecular flexibility index (Phi) is 6.48. The molecule has 0 saturated carbocycles. The molecule has 3 aromatic rings. The number of benzene rings is 3. The van der Waals surface area contributed by atoms with Gasteiger partial charge in [0, 0.05) is 47.8 Å². The number of aromatic hydroxyl groups is 1. The Balaban J connectivity index is 1.38. The molecule has 6 heteroatoms. The number of hydrogen-bond donors (Lipinski definition) is 1. The summed E-state index contributed by atoms with van der Waals surface area (Å²) in [6.07, 6.45) is -0.361. The first kappa shape index (κ1) is 22.8. The fraction of sp³-hybridized carbons (Fsp3) is 0.286. The number of allylic oxidation sites excluding steroid dienone is 1. The maximum Gasteiger partial charge on any atom is 0.150 e. The number of alkyl halides is 1. The summed E-state index contributed by atoms with van der Waals surface area (Å²) >= 11 is 6.31. The lowest BCUT2D eigenvalue weighted by atomic mass is 9.86. The highest BCUT2D eigenvalue weighted by Crippen LogP contribution is 2.47. The van der Waals surface area contributed by atoms with Crippen LogP contribution in [0.15, 0.2) is 66.7 Å². The molecule has 34 heavy (non-hydrogen) atoms. The van der Waals surface area contributed by atoms with Crippen molar-refractivity contribution in [3.05, 3.63) is 88.4 Å². The Bertz CT molecular complexity index is 1200. The summed E-state index contributed by atoms with van der Waals surface area (Å²) in [5.41, 5.74) is 5.04. The molecule has 2 aliphatic heterocycles. The van der Waals surface area contributed by atoms with Crippen LogP contribution in [-0.2, 0) is 0 Å². The molecule has 0 amide bonds. The van der Waals surface area contributed by atoms with E-state index in [0.29, 0.717) is 17.4 Å². The van der Waals surface area contributed by atoms with E-state index in [1.54, 1.807) is 12.1 Å². The Labute approximate surface area is 204 Å². The van der Waals surface area contributed by atoms with Crippen molar-refractivity contribution in [1.82, 2.24) is 4.90 Å². The van der Waals surface area contributed by atoms with Crippen LogP contribution in [0.1, 0.15) is 29.7 Å². The molecule has 0 aromatic heterocycles. The van der Waals surface area contributed by atoms with E-state index in [0.717, 1.165) is 53.2 Å². The minimum Gasteiger partial charge on any atom is -0.508 e. The van der Waals surface area contributed by atoms with Crippen LogP contribution in [0.5, 0.6) is 17.2 Å². The van der Waals surface area contributed by atoms with E-state index in [1.807, 2.05) is 54.6 Å². The van der Waals surface area contributed by atoms with Gasteiger partial charge in [-0.25, -0.2) is 0 Å². The molecule has 0 bridgehead atoms. The highest BCUT2D eigenvalue weighted by Gasteiger charge is 2.30. The average Bonchev–Trinajstić information content (AvgIpc) is 2.80. The molecule has 2 aliphatic rings. The monoisotopic (exact) mass is 479 g/mol. The summed E-state index contributed by atoms with van der Waals surface area (Å²) < 4.78 is 24.9. The first-order chi connectivity index (χ1) is 16.5. The van der Waals surface area contributed by atoms with E-state index >= 15 is 0 Å². The number of hydrogen-bond acceptors (Lipinski definition) is 4. The molecule has 2 heterocycles. The number of halogens is 2. The van der Waals surface area contributed by atoms with Crippen LogP contribution in [0.4, 0.5) is 4.39 Å². The Morgan fingerprint density at radius 3 is 2.62 bits per heavy atom. The zero-order valence-corrected chi connectivity index (χ0v) is 19.8. The fourth-order valence-corrected chi connectivity index (χ4v) is 4.88. The number of nitrogens with zero attached hydrogens (tertiary/aromatic N) is 1. The second-order valence-electron chi connectivity index (χ2n) is 8.92. The van der Waals surface area contributed by atoms with Crippen LogP contribution in [0.3, 0.4) is 0 Å². The summed E-state index contributed by atoms with van der Waals surface area (Å²) in [6.45, 7) is 4.82. The average molecular weight is 480 g/mol. The molecule has 0 spiro atoms. The molecule has 1 N–H and O–H groups in total. The lowest BCUT2D eigenvalue weighted by molar-refractivity contribution is 0.0668. The summed E-state index contributed by atoms with van der Waals surface area (Å²) in [7, 11) is 0. The van der Waals surface area contributed by atoms with Gasteiger partial charge in [0.2, 0.25) is 0 Å². The number of phenolic OH excluding ortho intramolecular Hbond substituents is 1. The molecular formula is C28H27ClFNO3. The van der Waals surface area contributed by atoms with Gasteiger partial charge >= 0.3 is 0 Å². The zero-order valence-electron chi connectivity index (χ0n) is 19.0. The van der Waals surface area contributed by atoms with E-state index in [2.05, 4.69) is 11.8 Å². The molecule has 5 rings (SSSR count). The molecule has 0 unspecified atom stereocenters. The van der Waals surface area contributed by atoms with E-state index in [-0.39, 0.29) is 24.4 Å². The summed E-state index contributed by atoms with van der Waals surface area (Å²) in [5, 5.41) is 10.7. The lowest BCUT2D eigenvalue weighted by Gasteiger charge is -2.37. The van der Waals surface area contributed by atoms with Gasteiger partial charge in [-0.3, -0.25) is 9.29 Å². The van der Waals surface area contributed by atoms with Gasteiger partial charge in [0.1, 0.15) is 30.0 Å². The largest absolute Gasteiger partial charge is 0.508 e. The molecule has 0 aliphatic carbocycles. The SMILES string of the molecule is CC1=C(c2cccc(Cl)c2)[C@@H](c2ccc(OCCN3CC(CF)C3)cc2)Oc2cc(O)ccc21. The molecule has 4 nitrogen and oxygen atoms in total. The van der Waals surface area contributed by atoms with Crippen molar-refractivity contribution < 1.29 is 19.0 Å². The van der Waals surface area contributed by atoms with Crippen LogP contribution in [0.2, 0.25) is 5.02 Å². The molecule has 0 radical (unpaired) electrons. The van der Waals surface area contributed by atoms with Crippen molar-refractivity contribution in [1.29, 1.82) is 0 Å². The summed E-state index contributed by atoms with van der Waals surface area (Å²) in [6, 6.07) is 20.9. The Hall–Kier alpha value is -3.02. The van der Waals surface area contributed by atoms with E-state index < -0.39 is 0 Å². The molecular weight excluding hydrogens is 453 g/mol. The van der Waals surface area contributed by atoms with Gasteiger partial charge in [0.05, 0.1) is 6.67 Å². The van der Waals surface area contributed by atoms with Gasteiger partial charge in [0.15, 0.2) is 0 Å². The fourth-order valence-electron chi connectivity index (χ4n) is 4.69. The Morgan fingerprint density at radius 2 is 1.88 bits per heavy atom. The van der Waals surface area contributed by atoms with Crippen LogP contribution in [0.25, 0.3) is 11.1 Å². The van der Waals surface area contributed by atoms with Gasteiger partial charge in [-0.2, -0.15) is 0 Å². The maximum atomic E-state index is 12.6. The predicted molar refractivity (Wildman–Crippen MR) is 133 cm³/mol. The van der Waals surface area contributed by atoms with Crippen molar-refractivity contribution >= 4 is 22.7 Å². The van der Waals surface area contributed by atoms with Gasteiger partial charge in [-0.05, 0) is 60.0 Å². The van der Waals surface area contributed by atoms with Crippen molar-refractivity contribution in [2.45, 2.75) is 13.0 Å². The lowest BCUT2D eigenvalue weighted by Crippen LogP contribution is -2.49. The van der Waals surface area contributed by atoms with Gasteiger partial charge in [-0.1, -0.05) is 35.9 Å². The first-order valence-electron chi connectivity index (χ1n) is 11.5. The smallest absolute Gasteiger partial charge is 0.150 e. The minimum absolute atomic E-state index is 0.167. The standard InChI is InChI=1S/C28H27ClFNO3/c1-18-25-10-7-23(32)14-26(25)34-28(27(18)21-3-2-4-22(29)13-21)20-5-8-24(9-6-20)33-12-11-31-16-19(15-30)17-31/h2-10,13-14,19,28,32H,11-12,15-17H2,1H3/t28-/m1/s1. The second kappa shape index (κ2) is 9.69. The van der Waals surface area contributed by atoms with Crippen LogP contribution < -0.4 is 9.47 Å². The normalized spacial score (nSPS) is 18.3. The maximum absolute atomic E-state index is 12.6. The van der Waals surface area contributed by atoms with E-state index in [1.165, 1.54) is 0 Å². The van der Waals surface area contributed by atoms with Crippen LogP contribution >= 0.6 is 11.6 Å². The topological polar surface area (TPSA) is 41.9 Å². The minimum atomic E-state index is -0.361.